The van der Waals surface area contributed by atoms with Crippen LogP contribution in [0.3, 0.4) is 0 Å². The molecule has 0 aliphatic carbocycles. The summed E-state index contributed by atoms with van der Waals surface area (Å²) in [5.74, 6) is -0.417. The Hall–Kier alpha value is -2.25. The lowest BCUT2D eigenvalue weighted by Crippen LogP contribution is -2.33. The number of rotatable bonds is 5. The maximum atomic E-state index is 11.2. The molecule has 2 aromatic rings. The topological polar surface area (TPSA) is 80.5 Å². The predicted octanol–water partition coefficient (Wildman–Crippen LogP) is 0.498. The number of hydrogen-bond donors (Lipinski definition) is 1. The van der Waals surface area contributed by atoms with Gasteiger partial charge in [0.25, 0.3) is 0 Å². The molecule has 0 radical (unpaired) electrons. The number of esters is 1. The average Bonchev–Trinajstić information content (AvgIpc) is 2.97. The van der Waals surface area contributed by atoms with Gasteiger partial charge in [-0.1, -0.05) is 0 Å². The standard InChI is InChI=1S/C13H16N4O3/c1-16(8-12(18)20-2)13(19)17-7-11(15-9-17)10-4-3-5-14-6-10/h3-7,9,13,19H,8H2,1-2H3. The zero-order valence-corrected chi connectivity index (χ0v) is 11.3. The summed E-state index contributed by atoms with van der Waals surface area (Å²) in [6.07, 6.45) is 5.57. The van der Waals surface area contributed by atoms with Crippen LogP contribution in [0.25, 0.3) is 11.3 Å². The molecule has 0 saturated carbocycles. The SMILES string of the molecule is COC(=O)CN(C)C(O)n1cnc(-c2cccnc2)c1. The van der Waals surface area contributed by atoms with Crippen molar-refractivity contribution in [2.24, 2.45) is 0 Å². The highest BCUT2D eigenvalue weighted by atomic mass is 16.5. The Kier molecular flexibility index (Phi) is 4.44. The van der Waals surface area contributed by atoms with E-state index in [1.54, 1.807) is 25.6 Å². The van der Waals surface area contributed by atoms with E-state index in [2.05, 4.69) is 14.7 Å². The fourth-order valence-electron chi connectivity index (χ4n) is 1.70. The van der Waals surface area contributed by atoms with Gasteiger partial charge in [0.1, 0.15) is 6.54 Å². The summed E-state index contributed by atoms with van der Waals surface area (Å²) in [5, 5.41) is 10.1. The molecule has 2 rings (SSSR count). The van der Waals surface area contributed by atoms with Crippen molar-refractivity contribution >= 4 is 5.97 Å². The molecule has 1 N–H and O–H groups in total. The van der Waals surface area contributed by atoms with E-state index in [1.165, 1.54) is 22.9 Å². The Bertz CT molecular complexity index is 570. The summed E-state index contributed by atoms with van der Waals surface area (Å²) in [5.41, 5.74) is 1.55. The monoisotopic (exact) mass is 276 g/mol. The Morgan fingerprint density at radius 3 is 3.05 bits per heavy atom. The second-order valence-electron chi connectivity index (χ2n) is 4.29. The number of ether oxygens (including phenoxy) is 1. The van der Waals surface area contributed by atoms with Gasteiger partial charge in [0.2, 0.25) is 0 Å². The smallest absolute Gasteiger partial charge is 0.319 e. The first kappa shape index (κ1) is 14.2. The van der Waals surface area contributed by atoms with E-state index >= 15 is 0 Å². The van der Waals surface area contributed by atoms with Crippen molar-refractivity contribution in [3.8, 4) is 11.3 Å². The zero-order valence-electron chi connectivity index (χ0n) is 11.3. The van der Waals surface area contributed by atoms with Gasteiger partial charge < -0.3 is 9.84 Å². The third kappa shape index (κ3) is 3.19. The number of carbonyl (C=O) groups is 1. The van der Waals surface area contributed by atoms with E-state index in [1.807, 2.05) is 12.1 Å². The average molecular weight is 276 g/mol. The Balaban J connectivity index is 2.10. The molecule has 0 aliphatic heterocycles. The zero-order chi connectivity index (χ0) is 14.5. The van der Waals surface area contributed by atoms with Crippen molar-refractivity contribution < 1.29 is 14.6 Å². The molecule has 0 amide bonds. The van der Waals surface area contributed by atoms with Crippen LogP contribution in [0.15, 0.2) is 37.1 Å². The second kappa shape index (κ2) is 6.27. The number of likely N-dealkylation sites (N-methyl/N-ethyl adjacent to an activating group) is 1. The molecular formula is C13H16N4O3. The van der Waals surface area contributed by atoms with Crippen LogP contribution in [0.1, 0.15) is 6.35 Å². The van der Waals surface area contributed by atoms with Crippen molar-refractivity contribution in [3.63, 3.8) is 0 Å². The first-order valence-electron chi connectivity index (χ1n) is 6.01. The molecule has 0 bridgehead atoms. The summed E-state index contributed by atoms with van der Waals surface area (Å²) in [6, 6.07) is 3.69. The van der Waals surface area contributed by atoms with Crippen molar-refractivity contribution in [1.29, 1.82) is 0 Å². The minimum Gasteiger partial charge on any atom is -0.468 e. The van der Waals surface area contributed by atoms with Crippen LogP contribution in [0.2, 0.25) is 0 Å². The van der Waals surface area contributed by atoms with Crippen molar-refractivity contribution in [3.05, 3.63) is 37.1 Å². The van der Waals surface area contributed by atoms with Crippen LogP contribution in [0.4, 0.5) is 0 Å². The summed E-state index contributed by atoms with van der Waals surface area (Å²) >= 11 is 0. The highest BCUT2D eigenvalue weighted by Gasteiger charge is 2.17. The Labute approximate surface area is 116 Å². The largest absolute Gasteiger partial charge is 0.468 e. The maximum Gasteiger partial charge on any atom is 0.319 e. The lowest BCUT2D eigenvalue weighted by atomic mass is 10.2. The fraction of sp³-hybridized carbons (Fsp3) is 0.308. The number of carbonyl (C=O) groups excluding carboxylic acids is 1. The minimum absolute atomic E-state index is 0.0158. The molecule has 1 unspecified atom stereocenters. The van der Waals surface area contributed by atoms with Gasteiger partial charge in [0.15, 0.2) is 6.35 Å². The van der Waals surface area contributed by atoms with Gasteiger partial charge in [0.05, 0.1) is 19.1 Å². The van der Waals surface area contributed by atoms with Gasteiger partial charge in [-0.05, 0) is 19.2 Å². The number of imidazole rings is 1. The van der Waals surface area contributed by atoms with Gasteiger partial charge in [-0.3, -0.25) is 19.2 Å². The molecule has 0 aliphatic rings. The Morgan fingerprint density at radius 1 is 1.60 bits per heavy atom. The maximum absolute atomic E-state index is 11.2. The number of hydrogen-bond acceptors (Lipinski definition) is 6. The number of pyridine rings is 1. The molecule has 0 saturated heterocycles. The molecule has 20 heavy (non-hydrogen) atoms. The number of aromatic nitrogens is 3. The molecule has 0 spiro atoms. The molecule has 1 atom stereocenters. The lowest BCUT2D eigenvalue weighted by Gasteiger charge is -2.22. The number of aliphatic hydroxyl groups is 1. The van der Waals surface area contributed by atoms with Gasteiger partial charge in [-0.15, -0.1) is 0 Å². The van der Waals surface area contributed by atoms with Gasteiger partial charge in [-0.2, -0.15) is 0 Å². The van der Waals surface area contributed by atoms with Crippen LogP contribution in [0, 0.1) is 0 Å². The normalized spacial score (nSPS) is 12.4. The van der Waals surface area contributed by atoms with Crippen molar-refractivity contribution in [2.45, 2.75) is 6.35 Å². The predicted molar refractivity (Wildman–Crippen MR) is 71.4 cm³/mol. The molecule has 7 heteroatoms. The first-order valence-corrected chi connectivity index (χ1v) is 6.01. The highest BCUT2D eigenvalue weighted by molar-refractivity contribution is 5.71. The molecule has 106 valence electrons. The molecule has 2 heterocycles. The number of nitrogens with zero attached hydrogens (tertiary/aromatic N) is 4. The molecule has 0 aromatic carbocycles. The second-order valence-corrected chi connectivity index (χ2v) is 4.29. The van der Waals surface area contributed by atoms with Gasteiger partial charge in [-0.25, -0.2) is 4.98 Å². The number of methoxy groups -OCH3 is 1. The van der Waals surface area contributed by atoms with Crippen LogP contribution in [-0.2, 0) is 9.53 Å². The lowest BCUT2D eigenvalue weighted by molar-refractivity contribution is -0.146. The third-order valence-corrected chi connectivity index (χ3v) is 2.83. The Morgan fingerprint density at radius 2 is 2.40 bits per heavy atom. The summed E-state index contributed by atoms with van der Waals surface area (Å²) < 4.78 is 6.06. The van der Waals surface area contributed by atoms with E-state index in [4.69, 9.17) is 0 Å². The quantitative estimate of drug-likeness (QED) is 0.632. The van der Waals surface area contributed by atoms with Crippen molar-refractivity contribution in [1.82, 2.24) is 19.4 Å². The van der Waals surface area contributed by atoms with Gasteiger partial charge in [0, 0.05) is 24.2 Å². The molecule has 7 nitrogen and oxygen atoms in total. The number of aliphatic hydroxyl groups excluding tert-OH is 1. The van der Waals surface area contributed by atoms with Gasteiger partial charge >= 0.3 is 5.97 Å². The van der Waals surface area contributed by atoms with Crippen molar-refractivity contribution in [2.75, 3.05) is 20.7 Å². The minimum atomic E-state index is -0.993. The summed E-state index contributed by atoms with van der Waals surface area (Å²) in [7, 11) is 2.92. The highest BCUT2D eigenvalue weighted by Crippen LogP contribution is 2.17. The van der Waals surface area contributed by atoms with Crippen LogP contribution >= 0.6 is 0 Å². The van der Waals surface area contributed by atoms with Crippen LogP contribution in [0.5, 0.6) is 0 Å². The third-order valence-electron chi connectivity index (χ3n) is 2.83. The fourth-order valence-corrected chi connectivity index (χ4v) is 1.70. The first-order chi connectivity index (χ1) is 9.61. The van der Waals surface area contributed by atoms with E-state index in [-0.39, 0.29) is 6.54 Å². The van der Waals surface area contributed by atoms with E-state index < -0.39 is 12.3 Å². The molecular weight excluding hydrogens is 260 g/mol. The van der Waals surface area contributed by atoms with E-state index in [0.717, 1.165) is 5.56 Å². The summed E-state index contributed by atoms with van der Waals surface area (Å²) in [6.45, 7) is -0.0158. The van der Waals surface area contributed by atoms with E-state index in [9.17, 15) is 9.90 Å². The summed E-state index contributed by atoms with van der Waals surface area (Å²) in [4.78, 5) is 20.8. The van der Waals surface area contributed by atoms with Crippen LogP contribution < -0.4 is 0 Å². The van der Waals surface area contributed by atoms with Crippen LogP contribution in [-0.4, -0.2) is 51.2 Å². The molecule has 2 aromatic heterocycles. The van der Waals surface area contributed by atoms with E-state index in [0.29, 0.717) is 5.69 Å². The molecule has 0 fully saturated rings.